The quantitative estimate of drug-likeness (QED) is 0.854. The molecule has 2 rings (SSSR count). The molecule has 0 saturated heterocycles. The lowest BCUT2D eigenvalue weighted by molar-refractivity contribution is -0.137. The number of benzene rings is 1. The minimum atomic E-state index is -4.56. The highest BCUT2D eigenvalue weighted by molar-refractivity contribution is 6.31. The van der Waals surface area contributed by atoms with Crippen LogP contribution in [0.15, 0.2) is 29.2 Å². The van der Waals surface area contributed by atoms with E-state index in [9.17, 15) is 18.0 Å². The van der Waals surface area contributed by atoms with Crippen molar-refractivity contribution in [1.29, 1.82) is 0 Å². The van der Waals surface area contributed by atoms with Crippen LogP contribution in [0.25, 0.3) is 5.69 Å². The zero-order valence-electron chi connectivity index (χ0n) is 9.18. The molecule has 1 aromatic carbocycles. The fourth-order valence-electron chi connectivity index (χ4n) is 1.52. The number of nitrogens with zero attached hydrogens (tertiary/aromatic N) is 1. The van der Waals surface area contributed by atoms with Crippen molar-refractivity contribution in [2.75, 3.05) is 0 Å². The fraction of sp³-hybridized carbons (Fsp3) is 0.182. The van der Waals surface area contributed by atoms with Crippen molar-refractivity contribution in [3.05, 3.63) is 50.9 Å². The lowest BCUT2D eigenvalue weighted by Crippen LogP contribution is -2.17. The van der Waals surface area contributed by atoms with Gasteiger partial charge in [-0.2, -0.15) is 13.2 Å². The molecule has 7 heteroatoms. The molecule has 1 heterocycles. The Hall–Kier alpha value is -1.69. The fourth-order valence-corrected chi connectivity index (χ4v) is 1.74. The van der Waals surface area contributed by atoms with Gasteiger partial charge in [-0.15, -0.1) is 0 Å². The highest BCUT2D eigenvalue weighted by atomic mass is 35.5. The third kappa shape index (κ3) is 2.15. The van der Waals surface area contributed by atoms with Crippen LogP contribution in [-0.2, 0) is 6.18 Å². The summed E-state index contributed by atoms with van der Waals surface area (Å²) in [7, 11) is 0. The average Bonchev–Trinajstić information content (AvgIpc) is 2.59. The van der Waals surface area contributed by atoms with E-state index in [0.29, 0.717) is 5.56 Å². The van der Waals surface area contributed by atoms with Crippen molar-refractivity contribution in [2.24, 2.45) is 0 Å². The number of aromatic nitrogens is 2. The van der Waals surface area contributed by atoms with Gasteiger partial charge >= 0.3 is 6.18 Å². The summed E-state index contributed by atoms with van der Waals surface area (Å²) in [6.45, 7) is 1.57. The van der Waals surface area contributed by atoms with Crippen molar-refractivity contribution < 1.29 is 13.2 Å². The van der Waals surface area contributed by atoms with Gasteiger partial charge in [0, 0.05) is 11.8 Å². The second-order valence-corrected chi connectivity index (χ2v) is 4.17. The molecule has 3 nitrogen and oxygen atoms in total. The molecule has 96 valence electrons. The molecule has 0 atom stereocenters. The predicted octanol–water partition coefficient (Wildman–Crippen LogP) is 3.15. The minimum Gasteiger partial charge on any atom is -0.298 e. The van der Waals surface area contributed by atoms with Gasteiger partial charge in [0.15, 0.2) is 0 Å². The molecule has 0 fully saturated rings. The minimum absolute atomic E-state index is 0.0878. The Morgan fingerprint density at radius 1 is 1.33 bits per heavy atom. The molecule has 0 aliphatic heterocycles. The van der Waals surface area contributed by atoms with Crippen LogP contribution in [0.4, 0.5) is 13.2 Å². The maximum absolute atomic E-state index is 12.7. The van der Waals surface area contributed by atoms with Crippen LogP contribution in [0.1, 0.15) is 11.1 Å². The summed E-state index contributed by atoms with van der Waals surface area (Å²) in [5.41, 5.74) is -0.866. The number of rotatable bonds is 1. The first kappa shape index (κ1) is 12.8. The second kappa shape index (κ2) is 4.20. The summed E-state index contributed by atoms with van der Waals surface area (Å²) in [6.07, 6.45) is -3.14. The van der Waals surface area contributed by atoms with Crippen molar-refractivity contribution in [3.63, 3.8) is 0 Å². The molecule has 18 heavy (non-hydrogen) atoms. The second-order valence-electron chi connectivity index (χ2n) is 3.76. The lowest BCUT2D eigenvalue weighted by Gasteiger charge is -2.10. The van der Waals surface area contributed by atoms with E-state index in [4.69, 9.17) is 11.6 Å². The van der Waals surface area contributed by atoms with E-state index in [-0.39, 0.29) is 5.69 Å². The summed E-state index contributed by atoms with van der Waals surface area (Å²) in [6, 6.07) is 3.29. The first-order valence-corrected chi connectivity index (χ1v) is 5.32. The van der Waals surface area contributed by atoms with Gasteiger partial charge in [-0.05, 0) is 25.1 Å². The highest BCUT2D eigenvalue weighted by Gasteiger charge is 2.33. The van der Waals surface area contributed by atoms with Crippen molar-refractivity contribution >= 4 is 11.6 Å². The van der Waals surface area contributed by atoms with E-state index in [0.717, 1.165) is 16.8 Å². The molecule has 0 amide bonds. The van der Waals surface area contributed by atoms with Crippen molar-refractivity contribution in [3.8, 4) is 5.69 Å². The van der Waals surface area contributed by atoms with Gasteiger partial charge < -0.3 is 0 Å². The molecule has 0 bridgehead atoms. The van der Waals surface area contributed by atoms with Gasteiger partial charge in [-0.1, -0.05) is 11.6 Å². The monoisotopic (exact) mass is 276 g/mol. The summed E-state index contributed by atoms with van der Waals surface area (Å²) < 4.78 is 39.0. The number of aryl methyl sites for hydroxylation is 1. The van der Waals surface area contributed by atoms with Gasteiger partial charge in [0.2, 0.25) is 0 Å². The number of hydrogen-bond acceptors (Lipinski definition) is 1. The molecule has 1 N–H and O–H groups in total. The molecule has 2 aromatic rings. The predicted molar refractivity (Wildman–Crippen MR) is 61.1 cm³/mol. The Balaban J connectivity index is 2.61. The van der Waals surface area contributed by atoms with Crippen LogP contribution in [-0.4, -0.2) is 9.78 Å². The van der Waals surface area contributed by atoms with Crippen LogP contribution in [0.5, 0.6) is 0 Å². The first-order valence-electron chi connectivity index (χ1n) is 4.95. The van der Waals surface area contributed by atoms with Crippen LogP contribution >= 0.6 is 11.6 Å². The summed E-state index contributed by atoms with van der Waals surface area (Å²) in [5, 5.41) is 2.18. The molecule has 0 aliphatic rings. The first-order chi connectivity index (χ1) is 8.30. The molecule has 0 spiro atoms. The van der Waals surface area contributed by atoms with E-state index in [1.165, 1.54) is 12.3 Å². The SMILES string of the molecule is Cc1c[nH]n(-c2ccc(Cl)c(C(F)(F)F)c2)c1=O. The summed E-state index contributed by atoms with van der Waals surface area (Å²) in [5.74, 6) is 0. The Morgan fingerprint density at radius 2 is 2.00 bits per heavy atom. The Morgan fingerprint density at radius 3 is 2.50 bits per heavy atom. The Bertz CT molecular complexity index is 642. The zero-order chi connectivity index (χ0) is 13.5. The number of nitrogens with one attached hydrogen (secondary N) is 1. The number of aromatic amines is 1. The van der Waals surface area contributed by atoms with Gasteiger partial charge in [0.25, 0.3) is 5.56 Å². The normalized spacial score (nSPS) is 11.8. The average molecular weight is 277 g/mol. The molecule has 0 saturated carbocycles. The Kier molecular flexibility index (Phi) is 2.98. The molecule has 0 radical (unpaired) electrons. The smallest absolute Gasteiger partial charge is 0.298 e. The molecule has 1 aromatic heterocycles. The van der Waals surface area contributed by atoms with Gasteiger partial charge in [-0.3, -0.25) is 9.89 Å². The van der Waals surface area contributed by atoms with Crippen molar-refractivity contribution in [2.45, 2.75) is 13.1 Å². The zero-order valence-corrected chi connectivity index (χ0v) is 9.93. The third-order valence-corrected chi connectivity index (χ3v) is 2.79. The van der Waals surface area contributed by atoms with E-state index in [1.807, 2.05) is 0 Å². The van der Waals surface area contributed by atoms with E-state index in [1.54, 1.807) is 6.92 Å². The van der Waals surface area contributed by atoms with E-state index < -0.39 is 22.3 Å². The van der Waals surface area contributed by atoms with E-state index in [2.05, 4.69) is 5.10 Å². The topological polar surface area (TPSA) is 37.8 Å². The number of H-pyrrole nitrogens is 1. The molecule has 0 aliphatic carbocycles. The van der Waals surface area contributed by atoms with Gasteiger partial charge in [0.1, 0.15) is 0 Å². The van der Waals surface area contributed by atoms with Gasteiger partial charge in [-0.25, -0.2) is 4.68 Å². The van der Waals surface area contributed by atoms with Crippen molar-refractivity contribution in [1.82, 2.24) is 9.78 Å². The maximum atomic E-state index is 12.7. The largest absolute Gasteiger partial charge is 0.417 e. The molecular formula is C11H8ClF3N2O. The number of alkyl halides is 3. The maximum Gasteiger partial charge on any atom is 0.417 e. The lowest BCUT2D eigenvalue weighted by atomic mass is 10.2. The van der Waals surface area contributed by atoms with Crippen LogP contribution in [0, 0.1) is 6.92 Å². The highest BCUT2D eigenvalue weighted by Crippen LogP contribution is 2.35. The van der Waals surface area contributed by atoms with Crippen LogP contribution < -0.4 is 5.56 Å². The number of halogens is 4. The standard InChI is InChI=1S/C11H8ClF3N2O/c1-6-5-16-17(10(6)18)7-2-3-9(12)8(4-7)11(13,14)15/h2-5,16H,1H3. The van der Waals surface area contributed by atoms with Crippen LogP contribution in [0.2, 0.25) is 5.02 Å². The van der Waals surface area contributed by atoms with Gasteiger partial charge in [0.05, 0.1) is 16.3 Å². The molecule has 0 unspecified atom stereocenters. The third-order valence-electron chi connectivity index (χ3n) is 2.46. The number of hydrogen-bond donors (Lipinski definition) is 1. The molecular weight excluding hydrogens is 269 g/mol. The van der Waals surface area contributed by atoms with E-state index >= 15 is 0 Å². The summed E-state index contributed by atoms with van der Waals surface area (Å²) >= 11 is 5.50. The Labute approximate surface area is 105 Å². The summed E-state index contributed by atoms with van der Waals surface area (Å²) in [4.78, 5) is 11.6. The van der Waals surface area contributed by atoms with Crippen LogP contribution in [0.3, 0.4) is 0 Å².